The van der Waals surface area contributed by atoms with E-state index in [1.165, 1.54) is 112 Å². The molecule has 0 N–H and O–H groups in total. The molecule has 3 aromatic carbocycles. The summed E-state index contributed by atoms with van der Waals surface area (Å²) in [5, 5.41) is 0. The molecule has 0 radical (unpaired) electrons. The van der Waals surface area contributed by atoms with Gasteiger partial charge < -0.3 is 66.3 Å². The van der Waals surface area contributed by atoms with Crippen LogP contribution in [0.2, 0.25) is 0 Å². The van der Waals surface area contributed by atoms with Gasteiger partial charge in [-0.1, -0.05) is 36.4 Å². The Bertz CT molecular complexity index is 2850. The molecule has 0 aliphatic carbocycles. The number of carbonyl (C=O) groups excluding carboxylic acids is 11. The minimum absolute atomic E-state index is 0.187. The van der Waals surface area contributed by atoms with E-state index < -0.39 is 140 Å². The van der Waals surface area contributed by atoms with Crippen LogP contribution in [0.15, 0.2) is 91.0 Å². The molecule has 25 nitrogen and oxygen atoms in total. The van der Waals surface area contributed by atoms with Crippen LogP contribution in [-0.4, -0.2) is 140 Å². The van der Waals surface area contributed by atoms with Crippen molar-refractivity contribution in [1.29, 1.82) is 0 Å². The lowest BCUT2D eigenvalue weighted by Crippen LogP contribution is -2.65. The molecule has 9 unspecified atom stereocenters. The monoisotopic (exact) mass is 1120 g/mol. The molecule has 2 aliphatic heterocycles. The lowest BCUT2D eigenvalue weighted by Gasteiger charge is -2.46. The second kappa shape index (κ2) is 29.1. The third-order valence-corrected chi connectivity index (χ3v) is 10.7. The van der Waals surface area contributed by atoms with Gasteiger partial charge in [-0.2, -0.15) is 0 Å². The van der Waals surface area contributed by atoms with Gasteiger partial charge in [-0.25, -0.2) is 14.4 Å². The molecule has 0 aromatic heterocycles. The molecule has 0 saturated carbocycles. The summed E-state index contributed by atoms with van der Waals surface area (Å²) in [5.41, 5.74) is 1.24. The molecule has 2 aliphatic rings. The summed E-state index contributed by atoms with van der Waals surface area (Å²) in [7, 11) is 0. The van der Waals surface area contributed by atoms with Crippen LogP contribution in [0.5, 0.6) is 17.2 Å². The van der Waals surface area contributed by atoms with Crippen LogP contribution in [0.4, 0.5) is 0 Å². The molecule has 3 aromatic rings. The second-order valence-corrected chi connectivity index (χ2v) is 17.3. The molecular weight excluding hydrogens is 1060 g/mol. The molecular formula is C55H56O25. The van der Waals surface area contributed by atoms with E-state index in [0.29, 0.717) is 16.7 Å². The molecule has 0 amide bonds. The zero-order chi connectivity index (χ0) is 58.7. The largest absolute Gasteiger partial charge is 0.463 e. The number of hydrogen-bond donors (Lipinski definition) is 0. The molecule has 0 bridgehead atoms. The van der Waals surface area contributed by atoms with E-state index in [1.807, 2.05) is 0 Å². The molecule has 80 heavy (non-hydrogen) atoms. The van der Waals surface area contributed by atoms with Crippen LogP contribution in [0, 0.1) is 0 Å². The Morgan fingerprint density at radius 1 is 0.412 bits per heavy atom. The van der Waals surface area contributed by atoms with Crippen molar-refractivity contribution in [3.05, 3.63) is 108 Å². The number of benzene rings is 3. The fraction of sp³-hybridized carbons (Fsp3) is 0.364. The fourth-order valence-electron chi connectivity index (χ4n) is 7.70. The molecule has 426 valence electrons. The van der Waals surface area contributed by atoms with Gasteiger partial charge in [-0.3, -0.25) is 38.4 Å². The zero-order valence-corrected chi connectivity index (χ0v) is 44.3. The predicted octanol–water partition coefficient (Wildman–Crippen LogP) is 4.03. The maximum Gasteiger partial charge on any atom is 0.331 e. The normalized spacial score (nSPS) is 22.3. The number of ether oxygens (including phenoxy) is 14. The summed E-state index contributed by atoms with van der Waals surface area (Å²) in [6, 6.07) is 17.7. The Balaban J connectivity index is 1.64. The van der Waals surface area contributed by atoms with E-state index in [1.54, 1.807) is 0 Å². The summed E-state index contributed by atoms with van der Waals surface area (Å²) in [5.74, 6) is -12.2. The molecule has 0 spiro atoms. The average Bonchev–Trinajstić information content (AvgIpc) is 3.69. The summed E-state index contributed by atoms with van der Waals surface area (Å²) in [6.45, 7) is 5.81. The van der Waals surface area contributed by atoms with Crippen LogP contribution in [0.1, 0.15) is 72.1 Å². The number of esters is 11. The van der Waals surface area contributed by atoms with E-state index in [-0.39, 0.29) is 17.2 Å². The van der Waals surface area contributed by atoms with E-state index in [9.17, 15) is 52.7 Å². The first-order valence-corrected chi connectivity index (χ1v) is 24.2. The van der Waals surface area contributed by atoms with Crippen molar-refractivity contribution in [1.82, 2.24) is 0 Å². The van der Waals surface area contributed by atoms with Gasteiger partial charge in [0.25, 0.3) is 0 Å². The van der Waals surface area contributed by atoms with Crippen molar-refractivity contribution in [2.45, 2.75) is 110 Å². The van der Waals surface area contributed by atoms with Crippen molar-refractivity contribution in [3.63, 3.8) is 0 Å². The molecule has 2 fully saturated rings. The highest BCUT2D eigenvalue weighted by Gasteiger charge is 2.65. The first-order chi connectivity index (χ1) is 37.9. The quantitative estimate of drug-likeness (QED) is 0.0593. The van der Waals surface area contributed by atoms with Crippen LogP contribution in [-0.2, 0) is 105 Å². The highest BCUT2D eigenvalue weighted by molar-refractivity contribution is 5.88. The second-order valence-electron chi connectivity index (χ2n) is 17.3. The maximum atomic E-state index is 14.1. The highest BCUT2D eigenvalue weighted by atomic mass is 16.8. The standard InChI is InChI=1S/C55H56O25/c1-30(56)67-27-44-49(73-34(5)60)51(75-36(7)62)52(76-37(8)63)54(77-44)80-55(29-69-47(65)25-16-39-11-20-42(21-12-39)71-32(3)58)53(78-48(66)26-17-40-13-22-43(23-14-40)72-33(4)59)50(74-35(6)61)45(79-55)28-68-46(64)24-15-38-9-18-41(19-10-38)70-31(2)57/h9-26,44-45,49-54H,27-29H2,1-8H3. The Labute approximate surface area is 456 Å². The molecule has 2 saturated heterocycles. The smallest absolute Gasteiger partial charge is 0.331 e. The zero-order valence-electron chi connectivity index (χ0n) is 44.3. The number of rotatable bonds is 22. The van der Waals surface area contributed by atoms with E-state index >= 15 is 0 Å². The number of carbonyl (C=O) groups is 11. The van der Waals surface area contributed by atoms with Gasteiger partial charge in [-0.05, 0) is 71.3 Å². The summed E-state index contributed by atoms with van der Waals surface area (Å²) in [4.78, 5) is 139. The van der Waals surface area contributed by atoms with Gasteiger partial charge in [0.1, 0.15) is 49.3 Å². The fourth-order valence-corrected chi connectivity index (χ4v) is 7.70. The minimum Gasteiger partial charge on any atom is -0.463 e. The van der Waals surface area contributed by atoms with E-state index in [2.05, 4.69) is 0 Å². The summed E-state index contributed by atoms with van der Waals surface area (Å²) >= 11 is 0. The average molecular weight is 1120 g/mol. The van der Waals surface area contributed by atoms with Crippen molar-refractivity contribution >= 4 is 83.9 Å². The molecule has 5 rings (SSSR count). The third kappa shape index (κ3) is 19.4. The highest BCUT2D eigenvalue weighted by Crippen LogP contribution is 2.42. The predicted molar refractivity (Wildman–Crippen MR) is 268 cm³/mol. The third-order valence-electron chi connectivity index (χ3n) is 10.7. The lowest BCUT2D eigenvalue weighted by molar-refractivity contribution is -0.384. The van der Waals surface area contributed by atoms with Gasteiger partial charge in [0.2, 0.25) is 12.1 Å². The SMILES string of the molecule is CC(=O)OCC1OC(OC2(COC(=O)C=Cc3ccc(OC(C)=O)cc3)OC(COC(=O)C=Cc3ccc(OC(C)=O)cc3)C(OC(C)=O)C2OC(=O)C=Cc2ccc(OC(C)=O)cc2)C(OC(C)=O)C(OC(C)=O)C1OC(C)=O. The topological polar surface area (TPSA) is 317 Å². The van der Waals surface area contributed by atoms with Gasteiger partial charge in [-0.15, -0.1) is 0 Å². The van der Waals surface area contributed by atoms with E-state index in [4.69, 9.17) is 66.3 Å². The maximum absolute atomic E-state index is 14.1. The van der Waals surface area contributed by atoms with Crippen LogP contribution in [0.25, 0.3) is 18.2 Å². The Hall–Kier alpha value is -9.07. The Morgan fingerprint density at radius 3 is 1.23 bits per heavy atom. The van der Waals surface area contributed by atoms with Crippen LogP contribution in [0.3, 0.4) is 0 Å². The minimum atomic E-state index is -2.84. The first-order valence-electron chi connectivity index (χ1n) is 24.2. The van der Waals surface area contributed by atoms with Crippen molar-refractivity contribution in [3.8, 4) is 17.2 Å². The van der Waals surface area contributed by atoms with Gasteiger partial charge in [0, 0.05) is 73.6 Å². The van der Waals surface area contributed by atoms with E-state index in [0.717, 1.165) is 52.8 Å². The van der Waals surface area contributed by atoms with Gasteiger partial charge >= 0.3 is 65.7 Å². The molecule has 25 heteroatoms. The lowest BCUT2D eigenvalue weighted by atomic mass is 9.97. The van der Waals surface area contributed by atoms with Crippen LogP contribution < -0.4 is 14.2 Å². The summed E-state index contributed by atoms with van der Waals surface area (Å²) < 4.78 is 79.3. The van der Waals surface area contributed by atoms with Crippen molar-refractivity contribution in [2.24, 2.45) is 0 Å². The van der Waals surface area contributed by atoms with Crippen molar-refractivity contribution < 1.29 is 119 Å². The molecule has 2 heterocycles. The Morgan fingerprint density at radius 2 is 0.800 bits per heavy atom. The van der Waals surface area contributed by atoms with Crippen LogP contribution >= 0.6 is 0 Å². The van der Waals surface area contributed by atoms with Gasteiger partial charge in [0.15, 0.2) is 30.5 Å². The Kier molecular flexibility index (Phi) is 22.4. The van der Waals surface area contributed by atoms with Crippen molar-refractivity contribution in [2.75, 3.05) is 19.8 Å². The first kappa shape index (κ1) is 61.8. The molecule has 9 atom stereocenters. The number of hydrogen-bond acceptors (Lipinski definition) is 25. The summed E-state index contributed by atoms with van der Waals surface area (Å²) in [6.07, 6.45) is -8.25. The van der Waals surface area contributed by atoms with Gasteiger partial charge in [0.05, 0.1) is 0 Å².